The van der Waals surface area contributed by atoms with Gasteiger partial charge in [-0.25, -0.2) is 4.79 Å². The van der Waals surface area contributed by atoms with Crippen LogP contribution >= 0.6 is 0 Å². The highest BCUT2D eigenvalue weighted by Crippen LogP contribution is 2.37. The SMILES string of the molecule is C=CCN1C(=O)N[C@@H](c2ccc(C)cc2)C2=C1CN([C@@H](C)C(=O)NCc1ccco1)C2=O. The standard InChI is InChI=1S/C24H26N4O4/c1-4-11-27-19-14-28(16(3)22(29)25-13-18-6-5-12-32-18)23(30)20(19)21(26-24(27)31)17-9-7-15(2)8-10-17/h4-10,12,16,21H,1,11,13-14H2,2-3H3,(H,25,29)(H,26,31)/t16-,21-/m0/s1. The molecule has 8 nitrogen and oxygen atoms in total. The van der Waals surface area contributed by atoms with Crippen molar-refractivity contribution in [2.45, 2.75) is 32.5 Å². The minimum atomic E-state index is -0.720. The summed E-state index contributed by atoms with van der Waals surface area (Å²) in [7, 11) is 0. The van der Waals surface area contributed by atoms with E-state index in [1.54, 1.807) is 25.1 Å². The second-order valence-corrected chi connectivity index (χ2v) is 7.96. The Kier molecular flexibility index (Phi) is 5.85. The Morgan fingerprint density at radius 2 is 2.06 bits per heavy atom. The van der Waals surface area contributed by atoms with Crippen LogP contribution in [0.2, 0.25) is 0 Å². The number of amides is 4. The van der Waals surface area contributed by atoms with Crippen molar-refractivity contribution >= 4 is 17.8 Å². The molecule has 0 spiro atoms. The molecule has 0 aliphatic carbocycles. The summed E-state index contributed by atoms with van der Waals surface area (Å²) < 4.78 is 5.25. The molecule has 2 aromatic rings. The van der Waals surface area contributed by atoms with E-state index in [0.717, 1.165) is 11.1 Å². The summed E-state index contributed by atoms with van der Waals surface area (Å²) in [5.41, 5.74) is 3.00. The molecule has 1 aromatic carbocycles. The Morgan fingerprint density at radius 3 is 2.72 bits per heavy atom. The zero-order valence-corrected chi connectivity index (χ0v) is 18.1. The molecule has 3 heterocycles. The highest BCUT2D eigenvalue weighted by Gasteiger charge is 2.45. The fourth-order valence-electron chi connectivity index (χ4n) is 4.03. The van der Waals surface area contributed by atoms with Gasteiger partial charge in [-0.15, -0.1) is 6.58 Å². The molecule has 0 unspecified atom stereocenters. The number of aryl methyl sites for hydroxylation is 1. The van der Waals surface area contributed by atoms with Gasteiger partial charge in [0.15, 0.2) is 0 Å². The second-order valence-electron chi connectivity index (χ2n) is 7.96. The van der Waals surface area contributed by atoms with Gasteiger partial charge in [0.05, 0.1) is 36.7 Å². The molecular weight excluding hydrogens is 408 g/mol. The van der Waals surface area contributed by atoms with E-state index >= 15 is 0 Å². The molecule has 1 aromatic heterocycles. The van der Waals surface area contributed by atoms with E-state index in [1.165, 1.54) is 16.1 Å². The van der Waals surface area contributed by atoms with Gasteiger partial charge in [0.2, 0.25) is 5.91 Å². The molecule has 0 bridgehead atoms. The van der Waals surface area contributed by atoms with Crippen molar-refractivity contribution in [2.75, 3.05) is 13.1 Å². The van der Waals surface area contributed by atoms with Gasteiger partial charge in [0.1, 0.15) is 11.8 Å². The van der Waals surface area contributed by atoms with Crippen LogP contribution in [0.1, 0.15) is 29.9 Å². The molecule has 4 rings (SSSR count). The molecule has 166 valence electrons. The maximum Gasteiger partial charge on any atom is 0.322 e. The molecule has 2 aliphatic rings. The lowest BCUT2D eigenvalue weighted by Crippen LogP contribution is -2.47. The quantitative estimate of drug-likeness (QED) is 0.655. The van der Waals surface area contributed by atoms with Gasteiger partial charge in [0, 0.05) is 6.54 Å². The van der Waals surface area contributed by atoms with Crippen molar-refractivity contribution in [1.82, 2.24) is 20.4 Å². The van der Waals surface area contributed by atoms with E-state index in [0.29, 0.717) is 17.0 Å². The average Bonchev–Trinajstić information content (AvgIpc) is 3.42. The van der Waals surface area contributed by atoms with Gasteiger partial charge in [-0.1, -0.05) is 35.9 Å². The number of carbonyl (C=O) groups excluding carboxylic acids is 3. The first kappa shape index (κ1) is 21.4. The van der Waals surface area contributed by atoms with Gasteiger partial charge < -0.3 is 20.0 Å². The monoisotopic (exact) mass is 434 g/mol. The molecule has 2 atom stereocenters. The van der Waals surface area contributed by atoms with Crippen molar-refractivity contribution in [1.29, 1.82) is 0 Å². The molecule has 0 radical (unpaired) electrons. The van der Waals surface area contributed by atoms with Crippen LogP contribution in [0.25, 0.3) is 0 Å². The molecule has 32 heavy (non-hydrogen) atoms. The Morgan fingerprint density at radius 1 is 1.31 bits per heavy atom. The molecule has 0 saturated carbocycles. The maximum absolute atomic E-state index is 13.5. The van der Waals surface area contributed by atoms with Gasteiger partial charge >= 0.3 is 6.03 Å². The summed E-state index contributed by atoms with van der Waals surface area (Å²) in [6.07, 6.45) is 3.15. The smallest absolute Gasteiger partial charge is 0.322 e. The summed E-state index contributed by atoms with van der Waals surface area (Å²) in [5, 5.41) is 5.74. The molecule has 2 N–H and O–H groups in total. The summed E-state index contributed by atoms with van der Waals surface area (Å²) in [5.74, 6) is 0.0680. The van der Waals surface area contributed by atoms with Gasteiger partial charge in [0.25, 0.3) is 5.91 Å². The minimum Gasteiger partial charge on any atom is -0.467 e. The third kappa shape index (κ3) is 3.91. The Labute approximate surface area is 186 Å². The summed E-state index contributed by atoms with van der Waals surface area (Å²) in [4.78, 5) is 42.1. The van der Waals surface area contributed by atoms with E-state index in [1.807, 2.05) is 31.2 Å². The number of nitrogens with one attached hydrogen (secondary N) is 2. The molecule has 4 amide bonds. The number of urea groups is 1. The number of benzene rings is 1. The van der Waals surface area contributed by atoms with Crippen molar-refractivity contribution < 1.29 is 18.8 Å². The van der Waals surface area contributed by atoms with E-state index in [2.05, 4.69) is 17.2 Å². The van der Waals surface area contributed by atoms with E-state index in [4.69, 9.17) is 4.42 Å². The van der Waals surface area contributed by atoms with Crippen LogP contribution in [0.15, 0.2) is 71.0 Å². The maximum atomic E-state index is 13.5. The van der Waals surface area contributed by atoms with Crippen LogP contribution in [0, 0.1) is 6.92 Å². The normalized spacial score (nSPS) is 19.0. The highest BCUT2D eigenvalue weighted by atomic mass is 16.3. The number of rotatable bonds is 7. The topological polar surface area (TPSA) is 94.9 Å². The minimum absolute atomic E-state index is 0.174. The Bertz CT molecular complexity index is 1070. The molecule has 2 aliphatic heterocycles. The first-order valence-electron chi connectivity index (χ1n) is 10.5. The van der Waals surface area contributed by atoms with E-state index < -0.39 is 12.1 Å². The average molecular weight is 434 g/mol. The zero-order valence-electron chi connectivity index (χ0n) is 18.1. The first-order chi connectivity index (χ1) is 15.4. The summed E-state index contributed by atoms with van der Waals surface area (Å²) in [6.45, 7) is 8.06. The van der Waals surface area contributed by atoms with Crippen LogP contribution in [-0.4, -0.2) is 46.8 Å². The Balaban J connectivity index is 1.60. The third-order valence-corrected chi connectivity index (χ3v) is 5.84. The molecular formula is C24H26N4O4. The predicted octanol–water partition coefficient (Wildman–Crippen LogP) is 2.64. The van der Waals surface area contributed by atoms with Crippen LogP contribution in [0.4, 0.5) is 4.79 Å². The lowest BCUT2D eigenvalue weighted by Gasteiger charge is -2.33. The largest absolute Gasteiger partial charge is 0.467 e. The number of carbonyl (C=O) groups is 3. The fraction of sp³-hybridized carbons (Fsp3) is 0.292. The van der Waals surface area contributed by atoms with Crippen LogP contribution in [0.3, 0.4) is 0 Å². The van der Waals surface area contributed by atoms with Gasteiger partial charge in [-0.2, -0.15) is 0 Å². The van der Waals surface area contributed by atoms with Crippen LogP contribution in [-0.2, 0) is 16.1 Å². The highest BCUT2D eigenvalue weighted by molar-refractivity contribution is 6.03. The van der Waals surface area contributed by atoms with Crippen molar-refractivity contribution in [3.05, 3.63) is 83.5 Å². The van der Waals surface area contributed by atoms with E-state index in [9.17, 15) is 14.4 Å². The van der Waals surface area contributed by atoms with Crippen molar-refractivity contribution in [3.8, 4) is 0 Å². The third-order valence-electron chi connectivity index (χ3n) is 5.84. The summed E-state index contributed by atoms with van der Waals surface area (Å²) in [6, 6.07) is 9.63. The lowest BCUT2D eigenvalue weighted by molar-refractivity contribution is -0.135. The first-order valence-corrected chi connectivity index (χ1v) is 10.5. The zero-order chi connectivity index (χ0) is 22.8. The lowest BCUT2D eigenvalue weighted by atomic mass is 9.95. The van der Waals surface area contributed by atoms with Gasteiger partial charge in [-0.05, 0) is 31.5 Å². The number of hydrogen-bond acceptors (Lipinski definition) is 4. The number of hydrogen-bond donors (Lipinski definition) is 2. The van der Waals surface area contributed by atoms with Gasteiger partial charge in [-0.3, -0.25) is 14.5 Å². The van der Waals surface area contributed by atoms with Crippen molar-refractivity contribution in [2.24, 2.45) is 0 Å². The molecule has 0 fully saturated rings. The van der Waals surface area contributed by atoms with Crippen LogP contribution < -0.4 is 10.6 Å². The second kappa shape index (κ2) is 8.74. The molecule has 0 saturated heterocycles. The number of furan rings is 1. The predicted molar refractivity (Wildman–Crippen MR) is 118 cm³/mol. The number of nitrogens with zero attached hydrogens (tertiary/aromatic N) is 2. The van der Waals surface area contributed by atoms with E-state index in [-0.39, 0.29) is 37.5 Å². The summed E-state index contributed by atoms with van der Waals surface area (Å²) >= 11 is 0. The fourth-order valence-corrected chi connectivity index (χ4v) is 4.03. The van der Waals surface area contributed by atoms with Crippen molar-refractivity contribution in [3.63, 3.8) is 0 Å². The van der Waals surface area contributed by atoms with Crippen LogP contribution in [0.5, 0.6) is 0 Å². The molecule has 8 heteroatoms. The Hall–Kier alpha value is -3.81.